The molecule has 0 heterocycles. The zero-order valence-electron chi connectivity index (χ0n) is 20.1. The van der Waals surface area contributed by atoms with Crippen molar-refractivity contribution in [2.45, 2.75) is 33.2 Å². The molecule has 0 bridgehead atoms. The van der Waals surface area contributed by atoms with Crippen LogP contribution in [0.25, 0.3) is 6.08 Å². The Morgan fingerprint density at radius 1 is 1.03 bits per heavy atom. The largest absolute Gasteiger partial charge is 0.508 e. The number of nitrogens with zero attached hydrogens (tertiary/aromatic N) is 1. The predicted molar refractivity (Wildman–Crippen MR) is 133 cm³/mol. The molecule has 190 valence electrons. The summed E-state index contributed by atoms with van der Waals surface area (Å²) in [5.41, 5.74) is 5.45. The number of phenols is 1. The Balaban J connectivity index is 2.29. The molecule has 0 unspecified atom stereocenters. The quantitative estimate of drug-likeness (QED) is 0.260. The Morgan fingerprint density at radius 3 is 2.29 bits per heavy atom. The highest BCUT2D eigenvalue weighted by atomic mass is 32.2. The zero-order valence-corrected chi connectivity index (χ0v) is 20.9. The van der Waals surface area contributed by atoms with Crippen molar-refractivity contribution in [2.75, 3.05) is 6.26 Å². The van der Waals surface area contributed by atoms with Gasteiger partial charge in [0.1, 0.15) is 5.75 Å². The van der Waals surface area contributed by atoms with E-state index in [1.165, 1.54) is 12.1 Å². The Labute approximate surface area is 206 Å². The number of carbonyl (C=O) groups is 2. The van der Waals surface area contributed by atoms with Crippen LogP contribution in [0.15, 0.2) is 60.7 Å². The van der Waals surface area contributed by atoms with Gasteiger partial charge in [0, 0.05) is 0 Å². The van der Waals surface area contributed by atoms with Crippen LogP contribution < -0.4 is 10.9 Å². The van der Waals surface area contributed by atoms with E-state index in [1.807, 2.05) is 50.3 Å². The molecular formula is C25H33N3O6S. The lowest BCUT2D eigenvalue weighted by Crippen LogP contribution is -2.50. The lowest BCUT2D eigenvalue weighted by atomic mass is 9.82. The number of nitrogens with one attached hydrogen (secondary N) is 2. The molecule has 0 aliphatic heterocycles. The highest BCUT2D eigenvalue weighted by Crippen LogP contribution is 2.26. The Morgan fingerprint density at radius 2 is 1.71 bits per heavy atom. The number of hydroxylamine groups is 1. The van der Waals surface area contributed by atoms with Crippen LogP contribution in [0.4, 0.5) is 0 Å². The first-order valence-corrected chi connectivity index (χ1v) is 13.1. The van der Waals surface area contributed by atoms with Gasteiger partial charge in [0.05, 0.1) is 24.6 Å². The molecule has 9 nitrogen and oxygen atoms in total. The second kappa shape index (κ2) is 13.0. The van der Waals surface area contributed by atoms with Gasteiger partial charge in [-0.3, -0.25) is 20.2 Å². The van der Waals surface area contributed by atoms with Crippen molar-refractivity contribution in [3.8, 4) is 5.75 Å². The van der Waals surface area contributed by atoms with Gasteiger partial charge in [-0.25, -0.2) is 13.9 Å². The van der Waals surface area contributed by atoms with Crippen LogP contribution in [0.5, 0.6) is 5.75 Å². The molecule has 2 aromatic carbocycles. The van der Waals surface area contributed by atoms with E-state index in [0.717, 1.165) is 16.2 Å². The third-order valence-corrected chi connectivity index (χ3v) is 6.39. The van der Waals surface area contributed by atoms with Crippen LogP contribution in [0.1, 0.15) is 37.8 Å². The number of carbonyl (C=O) groups excluding carboxylic acids is 2. The van der Waals surface area contributed by atoms with E-state index in [9.17, 15) is 28.3 Å². The van der Waals surface area contributed by atoms with Gasteiger partial charge in [-0.1, -0.05) is 68.5 Å². The topological polar surface area (TPSA) is 136 Å². The van der Waals surface area contributed by atoms with Crippen molar-refractivity contribution < 1.29 is 28.3 Å². The van der Waals surface area contributed by atoms with Gasteiger partial charge in [0.2, 0.25) is 21.8 Å². The van der Waals surface area contributed by atoms with Gasteiger partial charge < -0.3 is 5.11 Å². The molecule has 35 heavy (non-hydrogen) atoms. The number of aromatic hydroxyl groups is 1. The van der Waals surface area contributed by atoms with Crippen LogP contribution in [-0.2, 0) is 26.2 Å². The highest BCUT2D eigenvalue weighted by molar-refractivity contribution is 7.88. The molecule has 2 atom stereocenters. The van der Waals surface area contributed by atoms with Crippen molar-refractivity contribution >= 4 is 27.9 Å². The van der Waals surface area contributed by atoms with Gasteiger partial charge in [-0.2, -0.15) is 0 Å². The van der Waals surface area contributed by atoms with Crippen LogP contribution in [0, 0.1) is 17.8 Å². The van der Waals surface area contributed by atoms with E-state index in [-0.39, 0.29) is 31.1 Å². The summed E-state index contributed by atoms with van der Waals surface area (Å²) in [7, 11) is -3.88. The smallest absolute Gasteiger partial charge is 0.247 e. The molecule has 0 aliphatic rings. The minimum Gasteiger partial charge on any atom is -0.508 e. The van der Waals surface area contributed by atoms with Crippen LogP contribution in [-0.4, -0.2) is 41.2 Å². The van der Waals surface area contributed by atoms with E-state index in [2.05, 4.69) is 5.43 Å². The maximum absolute atomic E-state index is 13.3. The SMILES string of the molecule is CC(C)C[C@@H](C(=O)NN(Cc1cccc(O)c1)S(C)(=O)=O)[C@H](CC=Cc1ccccc1)C(=O)NO. The number of amides is 2. The second-order valence-corrected chi connectivity index (χ2v) is 10.7. The van der Waals surface area contributed by atoms with Gasteiger partial charge in [-0.15, -0.1) is 4.41 Å². The van der Waals surface area contributed by atoms with Crippen molar-refractivity contribution in [3.05, 3.63) is 71.8 Å². The molecule has 2 rings (SSSR count). The van der Waals surface area contributed by atoms with Crippen molar-refractivity contribution in [1.29, 1.82) is 0 Å². The lowest BCUT2D eigenvalue weighted by Gasteiger charge is -2.28. The Kier molecular flexibility index (Phi) is 10.4. The summed E-state index contributed by atoms with van der Waals surface area (Å²) in [6.45, 7) is 3.56. The standard InChI is InChI=1S/C25H33N3O6S/c1-18(2)15-23(22(25(31)27-32)14-8-11-19-9-5-4-6-10-19)24(30)26-28(35(3,33)34)17-20-12-7-13-21(29)16-20/h4-13,16,18,22-23,29,32H,14-15,17H2,1-3H3,(H,26,30)(H,27,31)/t22-,23+/m0/s1. The Bertz CT molecular complexity index is 1120. The van der Waals surface area contributed by atoms with Crippen LogP contribution in [0.2, 0.25) is 0 Å². The molecule has 0 aliphatic carbocycles. The molecule has 0 saturated carbocycles. The number of benzene rings is 2. The van der Waals surface area contributed by atoms with Gasteiger partial charge >= 0.3 is 0 Å². The maximum atomic E-state index is 13.3. The summed E-state index contributed by atoms with van der Waals surface area (Å²) in [4.78, 5) is 25.9. The molecule has 2 aromatic rings. The summed E-state index contributed by atoms with van der Waals surface area (Å²) < 4.78 is 25.6. The average Bonchev–Trinajstić information content (AvgIpc) is 2.79. The van der Waals surface area contributed by atoms with Crippen molar-refractivity contribution in [1.82, 2.24) is 15.3 Å². The first-order chi connectivity index (χ1) is 16.5. The minimum atomic E-state index is -3.88. The number of phenolic OH excluding ortho intramolecular Hbond substituents is 1. The number of hydrogen-bond acceptors (Lipinski definition) is 6. The van der Waals surface area contributed by atoms with E-state index in [1.54, 1.807) is 23.7 Å². The first-order valence-electron chi connectivity index (χ1n) is 11.2. The van der Waals surface area contributed by atoms with Crippen molar-refractivity contribution in [2.24, 2.45) is 17.8 Å². The van der Waals surface area contributed by atoms with E-state index in [0.29, 0.717) is 5.56 Å². The summed E-state index contributed by atoms with van der Waals surface area (Å²) in [6.07, 6.45) is 4.95. The van der Waals surface area contributed by atoms with E-state index < -0.39 is 33.7 Å². The van der Waals surface area contributed by atoms with Crippen LogP contribution in [0.3, 0.4) is 0 Å². The van der Waals surface area contributed by atoms with Crippen molar-refractivity contribution in [3.63, 3.8) is 0 Å². The van der Waals surface area contributed by atoms with Gasteiger partial charge in [0.25, 0.3) is 0 Å². The second-order valence-electron chi connectivity index (χ2n) is 8.78. The molecule has 0 fully saturated rings. The summed E-state index contributed by atoms with van der Waals surface area (Å²) in [5, 5.41) is 19.0. The predicted octanol–water partition coefficient (Wildman–Crippen LogP) is 3.07. The van der Waals surface area contributed by atoms with Crippen LogP contribution >= 0.6 is 0 Å². The number of sulfonamides is 1. The average molecular weight is 504 g/mol. The van der Waals surface area contributed by atoms with Gasteiger partial charge in [0.15, 0.2) is 0 Å². The number of hydrazine groups is 1. The minimum absolute atomic E-state index is 0.00981. The zero-order chi connectivity index (χ0) is 26.0. The maximum Gasteiger partial charge on any atom is 0.247 e. The lowest BCUT2D eigenvalue weighted by molar-refractivity contribution is -0.142. The normalized spacial score (nSPS) is 13.7. The third kappa shape index (κ3) is 9.16. The molecule has 0 radical (unpaired) electrons. The summed E-state index contributed by atoms with van der Waals surface area (Å²) in [6, 6.07) is 15.4. The fourth-order valence-electron chi connectivity index (χ4n) is 3.68. The fraction of sp³-hybridized carbons (Fsp3) is 0.360. The molecule has 10 heteroatoms. The molecule has 2 amide bonds. The summed E-state index contributed by atoms with van der Waals surface area (Å²) in [5.74, 6) is -3.28. The Hall–Kier alpha value is -3.21. The van der Waals surface area contributed by atoms with E-state index in [4.69, 9.17) is 0 Å². The highest BCUT2D eigenvalue weighted by Gasteiger charge is 2.35. The van der Waals surface area contributed by atoms with E-state index >= 15 is 0 Å². The molecule has 0 aromatic heterocycles. The first kappa shape index (κ1) is 28.0. The molecular weight excluding hydrogens is 470 g/mol. The third-order valence-electron chi connectivity index (χ3n) is 5.37. The monoisotopic (exact) mass is 503 g/mol. The summed E-state index contributed by atoms with van der Waals surface area (Å²) >= 11 is 0. The number of rotatable bonds is 12. The van der Waals surface area contributed by atoms with Gasteiger partial charge in [-0.05, 0) is 42.0 Å². The molecule has 4 N–H and O–H groups in total. The molecule has 0 spiro atoms. The molecule has 0 saturated heterocycles. The number of allylic oxidation sites excluding steroid dienone is 1. The fourth-order valence-corrected chi connectivity index (χ4v) is 4.32. The number of hydrogen-bond donors (Lipinski definition) is 4.